The van der Waals surface area contributed by atoms with Crippen molar-refractivity contribution in [2.45, 2.75) is 5.33 Å². The van der Waals surface area contributed by atoms with Crippen molar-refractivity contribution in [2.75, 3.05) is 0 Å². The minimum Gasteiger partial charge on any atom is -0.212 e. The van der Waals surface area contributed by atoms with Gasteiger partial charge in [-0.05, 0) is 45.8 Å². The Morgan fingerprint density at radius 2 is 1.94 bits per heavy atom. The lowest BCUT2D eigenvalue weighted by Gasteiger charge is -2.06. The molecule has 3 nitrogen and oxygen atoms in total. The van der Waals surface area contributed by atoms with Crippen LogP contribution in [0.15, 0.2) is 46.9 Å². The maximum atomic E-state index is 4.21. The molecule has 1 aromatic heterocycles. The topological polar surface area (TPSA) is 30.7 Å². The molecule has 0 N–H and O–H groups in total. The summed E-state index contributed by atoms with van der Waals surface area (Å²) in [7, 11) is 0. The molecule has 1 heterocycles. The number of hydrogen-bond donors (Lipinski definition) is 0. The van der Waals surface area contributed by atoms with Gasteiger partial charge in [-0.15, -0.1) is 5.10 Å². The minimum atomic E-state index is 0.837. The predicted molar refractivity (Wildman–Crippen MR) is 79.2 cm³/mol. The van der Waals surface area contributed by atoms with Gasteiger partial charge in [-0.3, -0.25) is 0 Å². The second kappa shape index (κ2) is 4.82. The first kappa shape index (κ1) is 11.9. The van der Waals surface area contributed by atoms with E-state index in [1.54, 1.807) is 0 Å². The number of alkyl halides is 1. The number of benzene rings is 2. The molecule has 3 aromatic rings. The maximum Gasteiger partial charge on any atom is 0.113 e. The third-order valence-corrected chi connectivity index (χ3v) is 4.03. The molecule has 0 aliphatic carbocycles. The van der Waals surface area contributed by atoms with Gasteiger partial charge >= 0.3 is 0 Å². The molecule has 0 bridgehead atoms. The largest absolute Gasteiger partial charge is 0.212 e. The molecule has 3 rings (SSSR count). The Morgan fingerprint density at radius 1 is 1.11 bits per heavy atom. The quantitative estimate of drug-likeness (QED) is 0.640. The van der Waals surface area contributed by atoms with E-state index in [9.17, 15) is 0 Å². The maximum absolute atomic E-state index is 4.21. The van der Waals surface area contributed by atoms with Crippen LogP contribution in [0.25, 0.3) is 16.7 Å². The van der Waals surface area contributed by atoms with Crippen molar-refractivity contribution in [1.82, 2.24) is 15.0 Å². The average Bonchev–Trinajstić information content (AvgIpc) is 2.82. The van der Waals surface area contributed by atoms with Crippen molar-refractivity contribution in [2.24, 2.45) is 0 Å². The van der Waals surface area contributed by atoms with E-state index >= 15 is 0 Å². The van der Waals surface area contributed by atoms with Crippen LogP contribution in [0.5, 0.6) is 0 Å². The van der Waals surface area contributed by atoms with Crippen LogP contribution >= 0.6 is 31.9 Å². The molecule has 0 radical (unpaired) electrons. The van der Waals surface area contributed by atoms with Gasteiger partial charge in [0, 0.05) is 9.80 Å². The molecule has 0 saturated carbocycles. The number of rotatable bonds is 2. The van der Waals surface area contributed by atoms with Crippen LogP contribution in [-0.2, 0) is 5.33 Å². The summed E-state index contributed by atoms with van der Waals surface area (Å²) in [5.74, 6) is 0. The van der Waals surface area contributed by atoms with Crippen molar-refractivity contribution >= 4 is 42.9 Å². The molecule has 0 saturated heterocycles. The fourth-order valence-corrected chi connectivity index (χ4v) is 2.80. The summed E-state index contributed by atoms with van der Waals surface area (Å²) >= 11 is 7.03. The van der Waals surface area contributed by atoms with E-state index in [-0.39, 0.29) is 0 Å². The van der Waals surface area contributed by atoms with E-state index in [0.717, 1.165) is 26.5 Å². The first-order valence-electron chi connectivity index (χ1n) is 5.45. The molecule has 0 fully saturated rings. The molecule has 0 amide bonds. The van der Waals surface area contributed by atoms with Gasteiger partial charge in [-0.25, -0.2) is 4.68 Å². The molecule has 0 aliphatic heterocycles. The Kier molecular flexibility index (Phi) is 3.18. The number of halogens is 2. The van der Waals surface area contributed by atoms with Gasteiger partial charge < -0.3 is 0 Å². The molecule has 0 aliphatic rings. The third kappa shape index (κ3) is 1.97. The van der Waals surface area contributed by atoms with Crippen LogP contribution < -0.4 is 0 Å². The van der Waals surface area contributed by atoms with E-state index in [1.807, 2.05) is 35.0 Å². The van der Waals surface area contributed by atoms with Crippen molar-refractivity contribution in [3.8, 4) is 5.69 Å². The summed E-state index contributed by atoms with van der Waals surface area (Å²) in [6, 6.07) is 14.1. The lowest BCUT2D eigenvalue weighted by molar-refractivity contribution is 0.820. The lowest BCUT2D eigenvalue weighted by atomic mass is 10.2. The van der Waals surface area contributed by atoms with Crippen LogP contribution in [0, 0.1) is 0 Å². The highest BCUT2D eigenvalue weighted by Gasteiger charge is 2.09. The second-order valence-corrected chi connectivity index (χ2v) is 5.32. The van der Waals surface area contributed by atoms with Crippen LogP contribution in [0.4, 0.5) is 0 Å². The van der Waals surface area contributed by atoms with Crippen LogP contribution in [0.3, 0.4) is 0 Å². The van der Waals surface area contributed by atoms with Crippen molar-refractivity contribution in [3.05, 3.63) is 52.5 Å². The van der Waals surface area contributed by atoms with E-state index in [4.69, 9.17) is 0 Å². The number of para-hydroxylation sites is 1. The third-order valence-electron chi connectivity index (χ3n) is 2.75. The van der Waals surface area contributed by atoms with E-state index < -0.39 is 0 Å². The Hall–Kier alpha value is -1.20. The van der Waals surface area contributed by atoms with Gasteiger partial charge in [0.2, 0.25) is 0 Å². The average molecular weight is 367 g/mol. The number of aromatic nitrogens is 3. The molecule has 5 heteroatoms. The van der Waals surface area contributed by atoms with Crippen LogP contribution in [0.2, 0.25) is 0 Å². The van der Waals surface area contributed by atoms with Crippen molar-refractivity contribution < 1.29 is 0 Å². The smallest absolute Gasteiger partial charge is 0.113 e. The Morgan fingerprint density at radius 3 is 2.72 bits per heavy atom. The van der Waals surface area contributed by atoms with E-state index in [2.05, 4.69) is 54.3 Å². The zero-order valence-electron chi connectivity index (χ0n) is 9.35. The summed E-state index contributed by atoms with van der Waals surface area (Å²) in [5.41, 5.74) is 4.11. The summed E-state index contributed by atoms with van der Waals surface area (Å²) in [6.07, 6.45) is 0. The zero-order valence-corrected chi connectivity index (χ0v) is 12.5. The molecule has 90 valence electrons. The Balaban J connectivity index is 2.20. The fourth-order valence-electron chi connectivity index (χ4n) is 1.85. The van der Waals surface area contributed by atoms with Gasteiger partial charge in [0.1, 0.15) is 5.52 Å². The molecule has 0 atom stereocenters. The highest BCUT2D eigenvalue weighted by atomic mass is 79.9. The van der Waals surface area contributed by atoms with Crippen LogP contribution in [0.1, 0.15) is 5.56 Å². The molecule has 0 spiro atoms. The van der Waals surface area contributed by atoms with Gasteiger partial charge in [0.05, 0.1) is 11.2 Å². The Bertz CT molecular complexity index is 706. The molecular weight excluding hydrogens is 358 g/mol. The minimum absolute atomic E-state index is 0.837. The SMILES string of the molecule is BrCc1ccc(-n2nnc3ccccc32)c(Br)c1. The second-order valence-electron chi connectivity index (χ2n) is 3.91. The number of fused-ring (bicyclic) bond motifs is 1. The van der Waals surface area contributed by atoms with Crippen LogP contribution in [-0.4, -0.2) is 15.0 Å². The zero-order chi connectivity index (χ0) is 12.5. The monoisotopic (exact) mass is 365 g/mol. The van der Waals surface area contributed by atoms with Gasteiger partial charge in [-0.1, -0.05) is 39.3 Å². The van der Waals surface area contributed by atoms with E-state index in [0.29, 0.717) is 0 Å². The standard InChI is InChI=1S/C13H9Br2N3/c14-8-9-5-6-12(10(15)7-9)18-13-4-2-1-3-11(13)16-17-18/h1-7H,8H2. The first-order chi connectivity index (χ1) is 8.79. The van der Waals surface area contributed by atoms with Gasteiger partial charge in [-0.2, -0.15) is 0 Å². The summed E-state index contributed by atoms with van der Waals surface area (Å²) in [5, 5.41) is 9.21. The molecule has 0 unspecified atom stereocenters. The highest BCUT2D eigenvalue weighted by molar-refractivity contribution is 9.10. The molecule has 18 heavy (non-hydrogen) atoms. The van der Waals surface area contributed by atoms with Crippen molar-refractivity contribution in [1.29, 1.82) is 0 Å². The molecule has 2 aromatic carbocycles. The molecular formula is C13H9Br2N3. The Labute approximate surface area is 121 Å². The fraction of sp³-hybridized carbons (Fsp3) is 0.0769. The van der Waals surface area contributed by atoms with Gasteiger partial charge in [0.15, 0.2) is 0 Å². The number of nitrogens with zero attached hydrogens (tertiary/aromatic N) is 3. The summed E-state index contributed by atoms with van der Waals surface area (Å²) in [6.45, 7) is 0. The highest BCUT2D eigenvalue weighted by Crippen LogP contribution is 2.25. The summed E-state index contributed by atoms with van der Waals surface area (Å²) in [4.78, 5) is 0. The number of hydrogen-bond acceptors (Lipinski definition) is 2. The van der Waals surface area contributed by atoms with Crippen molar-refractivity contribution in [3.63, 3.8) is 0 Å². The normalized spacial score (nSPS) is 11.0. The van der Waals surface area contributed by atoms with E-state index in [1.165, 1.54) is 5.56 Å². The predicted octanol–water partition coefficient (Wildman–Crippen LogP) is 4.08. The summed E-state index contributed by atoms with van der Waals surface area (Å²) < 4.78 is 2.85. The first-order valence-corrected chi connectivity index (χ1v) is 7.36. The van der Waals surface area contributed by atoms with Gasteiger partial charge in [0.25, 0.3) is 0 Å². The lowest BCUT2D eigenvalue weighted by Crippen LogP contribution is -1.98.